The lowest BCUT2D eigenvalue weighted by Crippen LogP contribution is -2.43. The van der Waals surface area contributed by atoms with E-state index < -0.39 is 15.9 Å². The first-order valence-corrected chi connectivity index (χ1v) is 10.9. The van der Waals surface area contributed by atoms with Crippen molar-refractivity contribution in [3.8, 4) is 0 Å². The average Bonchev–Trinajstić information content (AvgIpc) is 2.65. The van der Waals surface area contributed by atoms with E-state index in [1.54, 1.807) is 24.3 Å². The van der Waals surface area contributed by atoms with E-state index in [1.807, 2.05) is 0 Å². The van der Waals surface area contributed by atoms with Crippen LogP contribution < -0.4 is 5.32 Å². The highest BCUT2D eigenvalue weighted by molar-refractivity contribution is 7.89. The van der Waals surface area contributed by atoms with E-state index >= 15 is 0 Å². The first kappa shape index (κ1) is 20.4. The number of anilines is 1. The highest BCUT2D eigenvalue weighted by Gasteiger charge is 2.34. The van der Waals surface area contributed by atoms with Crippen molar-refractivity contribution < 1.29 is 13.2 Å². The van der Waals surface area contributed by atoms with Crippen LogP contribution in [0.1, 0.15) is 12.8 Å². The standard InChI is InChI=1S/C18H17Cl3N2O3S/c19-13-3-6-15(7-4-13)22-18(24)12-2-1-9-23(11-12)27(25,26)17-10-14(20)5-8-16(17)21/h3-8,10,12H,1-2,9,11H2,(H,22,24)/t12-/m1/s1. The van der Waals surface area contributed by atoms with Crippen LogP contribution in [0.3, 0.4) is 0 Å². The van der Waals surface area contributed by atoms with Crippen molar-refractivity contribution in [2.45, 2.75) is 17.7 Å². The molecule has 3 rings (SSSR count). The van der Waals surface area contributed by atoms with E-state index in [0.717, 1.165) is 0 Å². The van der Waals surface area contributed by atoms with Gasteiger partial charge >= 0.3 is 0 Å². The maximum absolute atomic E-state index is 13.0. The highest BCUT2D eigenvalue weighted by atomic mass is 35.5. The summed E-state index contributed by atoms with van der Waals surface area (Å²) in [6.45, 7) is 0.417. The quantitative estimate of drug-likeness (QED) is 0.739. The van der Waals surface area contributed by atoms with E-state index in [9.17, 15) is 13.2 Å². The van der Waals surface area contributed by atoms with Crippen LogP contribution in [0.4, 0.5) is 5.69 Å². The van der Waals surface area contributed by atoms with Gasteiger partial charge in [-0.1, -0.05) is 34.8 Å². The molecule has 27 heavy (non-hydrogen) atoms. The molecular formula is C18H17Cl3N2O3S. The van der Waals surface area contributed by atoms with Crippen LogP contribution in [0, 0.1) is 5.92 Å². The zero-order chi connectivity index (χ0) is 19.6. The molecule has 0 radical (unpaired) electrons. The molecule has 0 unspecified atom stereocenters. The van der Waals surface area contributed by atoms with E-state index in [0.29, 0.717) is 30.1 Å². The van der Waals surface area contributed by atoms with Crippen LogP contribution in [0.5, 0.6) is 0 Å². The lowest BCUT2D eigenvalue weighted by Gasteiger charge is -2.31. The van der Waals surface area contributed by atoms with Crippen LogP contribution in [-0.2, 0) is 14.8 Å². The molecule has 5 nitrogen and oxygen atoms in total. The maximum Gasteiger partial charge on any atom is 0.244 e. The summed E-state index contributed by atoms with van der Waals surface area (Å²) in [7, 11) is -3.84. The fraction of sp³-hybridized carbons (Fsp3) is 0.278. The van der Waals surface area contributed by atoms with Gasteiger partial charge in [0.2, 0.25) is 15.9 Å². The monoisotopic (exact) mass is 446 g/mol. The van der Waals surface area contributed by atoms with Gasteiger partial charge in [0, 0.05) is 28.8 Å². The Bertz CT molecular complexity index is 949. The van der Waals surface area contributed by atoms with Crippen molar-refractivity contribution in [2.75, 3.05) is 18.4 Å². The molecule has 144 valence electrons. The Kier molecular flexibility index (Phi) is 6.33. The summed E-state index contributed by atoms with van der Waals surface area (Å²) in [6.07, 6.45) is 1.19. The van der Waals surface area contributed by atoms with Crippen LogP contribution in [0.15, 0.2) is 47.4 Å². The fourth-order valence-electron chi connectivity index (χ4n) is 2.97. The summed E-state index contributed by atoms with van der Waals surface area (Å²) >= 11 is 17.8. The lowest BCUT2D eigenvalue weighted by atomic mass is 9.99. The first-order valence-electron chi connectivity index (χ1n) is 8.29. The molecule has 1 amide bonds. The third-order valence-electron chi connectivity index (χ3n) is 4.38. The molecule has 2 aromatic carbocycles. The van der Waals surface area contributed by atoms with Crippen LogP contribution in [0.25, 0.3) is 0 Å². The normalized spacial score (nSPS) is 18.3. The van der Waals surface area contributed by atoms with Gasteiger partial charge in [-0.25, -0.2) is 8.42 Å². The Morgan fingerprint density at radius 3 is 2.41 bits per heavy atom. The molecular weight excluding hydrogens is 431 g/mol. The number of rotatable bonds is 4. The number of hydrogen-bond acceptors (Lipinski definition) is 3. The van der Waals surface area contributed by atoms with E-state index in [2.05, 4.69) is 5.32 Å². The van der Waals surface area contributed by atoms with E-state index in [1.165, 1.54) is 22.5 Å². The predicted octanol–water partition coefficient (Wildman–Crippen LogP) is 4.69. The van der Waals surface area contributed by atoms with Crippen LogP contribution >= 0.6 is 34.8 Å². The van der Waals surface area contributed by atoms with Crippen LogP contribution in [0.2, 0.25) is 15.1 Å². The summed E-state index contributed by atoms with van der Waals surface area (Å²) in [5, 5.41) is 3.76. The second-order valence-corrected chi connectivity index (χ2v) is 9.46. The highest BCUT2D eigenvalue weighted by Crippen LogP contribution is 2.30. The molecule has 1 atom stereocenters. The molecule has 1 saturated heterocycles. The zero-order valence-electron chi connectivity index (χ0n) is 14.2. The smallest absolute Gasteiger partial charge is 0.244 e. The minimum atomic E-state index is -3.84. The molecule has 0 aromatic heterocycles. The number of nitrogens with zero attached hydrogens (tertiary/aromatic N) is 1. The summed E-state index contributed by atoms with van der Waals surface area (Å²) < 4.78 is 27.2. The van der Waals surface area contributed by atoms with Gasteiger partial charge in [0.05, 0.1) is 10.9 Å². The summed E-state index contributed by atoms with van der Waals surface area (Å²) in [5.74, 6) is -0.684. The SMILES string of the molecule is O=C(Nc1ccc(Cl)cc1)[C@@H]1CCCN(S(=O)(=O)c2cc(Cl)ccc2Cl)C1. The molecule has 1 heterocycles. The van der Waals surface area contributed by atoms with Gasteiger partial charge in [-0.2, -0.15) is 4.31 Å². The van der Waals surface area contributed by atoms with Gasteiger partial charge in [-0.05, 0) is 55.3 Å². The van der Waals surface area contributed by atoms with E-state index in [-0.39, 0.29) is 27.4 Å². The Labute approximate surface area is 173 Å². The maximum atomic E-state index is 13.0. The van der Waals surface area contributed by atoms with Crippen LogP contribution in [-0.4, -0.2) is 31.7 Å². The van der Waals surface area contributed by atoms with Crippen molar-refractivity contribution in [1.82, 2.24) is 4.31 Å². The third-order valence-corrected chi connectivity index (χ3v) is 7.21. The average molecular weight is 448 g/mol. The number of carbonyl (C=O) groups is 1. The topological polar surface area (TPSA) is 66.5 Å². The molecule has 9 heteroatoms. The van der Waals surface area contributed by atoms with Crippen molar-refractivity contribution in [3.63, 3.8) is 0 Å². The van der Waals surface area contributed by atoms with Crippen molar-refractivity contribution >= 4 is 56.4 Å². The van der Waals surface area contributed by atoms with E-state index in [4.69, 9.17) is 34.8 Å². The molecule has 1 N–H and O–H groups in total. The zero-order valence-corrected chi connectivity index (χ0v) is 17.2. The summed E-state index contributed by atoms with van der Waals surface area (Å²) in [4.78, 5) is 12.5. The Hall–Kier alpha value is -1.31. The third kappa shape index (κ3) is 4.76. The number of hydrogen-bond donors (Lipinski definition) is 1. The number of benzene rings is 2. The molecule has 0 spiro atoms. The second kappa shape index (κ2) is 8.37. The molecule has 2 aromatic rings. The van der Waals surface area contributed by atoms with Gasteiger partial charge in [0.1, 0.15) is 4.90 Å². The number of halogens is 3. The predicted molar refractivity (Wildman–Crippen MR) is 108 cm³/mol. The molecule has 1 aliphatic heterocycles. The van der Waals surface area contributed by atoms with Gasteiger partial charge in [-0.15, -0.1) is 0 Å². The van der Waals surface area contributed by atoms with Gasteiger partial charge in [0.25, 0.3) is 0 Å². The Morgan fingerprint density at radius 1 is 1.04 bits per heavy atom. The molecule has 0 saturated carbocycles. The fourth-order valence-corrected chi connectivity index (χ4v) is 5.35. The van der Waals surface area contributed by atoms with Gasteiger partial charge < -0.3 is 5.32 Å². The summed E-state index contributed by atoms with van der Waals surface area (Å²) in [6, 6.07) is 11.1. The van der Waals surface area contributed by atoms with Crippen molar-refractivity contribution in [3.05, 3.63) is 57.5 Å². The molecule has 0 bridgehead atoms. The largest absolute Gasteiger partial charge is 0.326 e. The Morgan fingerprint density at radius 2 is 1.70 bits per heavy atom. The lowest BCUT2D eigenvalue weighted by molar-refractivity contribution is -0.120. The first-order chi connectivity index (χ1) is 12.8. The number of piperidine rings is 1. The number of carbonyl (C=O) groups excluding carboxylic acids is 1. The number of nitrogens with one attached hydrogen (secondary N) is 1. The second-order valence-electron chi connectivity index (χ2n) is 6.27. The number of amides is 1. The minimum absolute atomic E-state index is 0.0459. The number of sulfonamides is 1. The van der Waals surface area contributed by atoms with Crippen molar-refractivity contribution in [1.29, 1.82) is 0 Å². The van der Waals surface area contributed by atoms with Crippen molar-refractivity contribution in [2.24, 2.45) is 5.92 Å². The summed E-state index contributed by atoms with van der Waals surface area (Å²) in [5.41, 5.74) is 0.613. The van der Waals surface area contributed by atoms with Gasteiger partial charge in [0.15, 0.2) is 0 Å². The Balaban J connectivity index is 1.76. The molecule has 1 aliphatic rings. The molecule has 0 aliphatic carbocycles. The minimum Gasteiger partial charge on any atom is -0.326 e. The van der Waals surface area contributed by atoms with Gasteiger partial charge in [-0.3, -0.25) is 4.79 Å². The molecule has 1 fully saturated rings.